The fourth-order valence-corrected chi connectivity index (χ4v) is 4.42. The Kier molecular flexibility index (Phi) is 4.87. The number of nitrogens with one attached hydrogen (secondary N) is 1. The molecule has 0 unspecified atom stereocenters. The predicted molar refractivity (Wildman–Crippen MR) is 108 cm³/mol. The van der Waals surface area contributed by atoms with Crippen molar-refractivity contribution in [1.82, 2.24) is 14.9 Å². The van der Waals surface area contributed by atoms with Gasteiger partial charge in [0.2, 0.25) is 0 Å². The molecule has 0 saturated carbocycles. The zero-order chi connectivity index (χ0) is 18.1. The third-order valence-corrected chi connectivity index (χ3v) is 5.86. The van der Waals surface area contributed by atoms with Crippen molar-refractivity contribution in [2.75, 3.05) is 5.75 Å². The molecule has 4 rings (SSSR count). The maximum absolute atomic E-state index is 12.5. The van der Waals surface area contributed by atoms with Gasteiger partial charge in [-0.25, -0.2) is 4.98 Å². The van der Waals surface area contributed by atoms with Gasteiger partial charge in [-0.2, -0.15) is 0 Å². The third-order valence-electron chi connectivity index (χ3n) is 4.41. The van der Waals surface area contributed by atoms with Gasteiger partial charge in [-0.1, -0.05) is 63.6 Å². The zero-order valence-electron chi connectivity index (χ0n) is 14.3. The number of hydrogen-bond acceptors (Lipinski definition) is 3. The van der Waals surface area contributed by atoms with Crippen LogP contribution in [0.5, 0.6) is 0 Å². The SMILES string of the molecule is Cc1ccc(-c2nc3n(c2CNC(=O)c2cccc(Br)c2)CCS3)cc1. The van der Waals surface area contributed by atoms with Crippen molar-refractivity contribution in [2.45, 2.75) is 25.2 Å². The van der Waals surface area contributed by atoms with Gasteiger partial charge < -0.3 is 9.88 Å². The molecule has 0 atom stereocenters. The van der Waals surface area contributed by atoms with Gasteiger partial charge in [-0.05, 0) is 25.1 Å². The quantitative estimate of drug-likeness (QED) is 0.658. The summed E-state index contributed by atoms with van der Waals surface area (Å²) in [5.41, 5.74) is 4.98. The van der Waals surface area contributed by atoms with Crippen molar-refractivity contribution in [3.05, 3.63) is 69.8 Å². The molecule has 6 heteroatoms. The van der Waals surface area contributed by atoms with Crippen molar-refractivity contribution >= 4 is 33.6 Å². The average Bonchev–Trinajstić information content (AvgIpc) is 3.22. The number of benzene rings is 2. The number of thioether (sulfide) groups is 1. The number of carbonyl (C=O) groups is 1. The highest BCUT2D eigenvalue weighted by molar-refractivity contribution is 9.10. The molecular formula is C20H18BrN3OS. The lowest BCUT2D eigenvalue weighted by Crippen LogP contribution is -2.24. The summed E-state index contributed by atoms with van der Waals surface area (Å²) in [6.07, 6.45) is 0. The summed E-state index contributed by atoms with van der Waals surface area (Å²) in [4.78, 5) is 17.3. The van der Waals surface area contributed by atoms with Crippen LogP contribution in [0.3, 0.4) is 0 Å². The minimum Gasteiger partial charge on any atom is -0.346 e. The van der Waals surface area contributed by atoms with Crippen LogP contribution in [-0.2, 0) is 13.1 Å². The monoisotopic (exact) mass is 427 g/mol. The summed E-state index contributed by atoms with van der Waals surface area (Å²) in [5.74, 6) is 0.950. The number of aromatic nitrogens is 2. The van der Waals surface area contributed by atoms with E-state index < -0.39 is 0 Å². The summed E-state index contributed by atoms with van der Waals surface area (Å²) < 4.78 is 3.12. The second-order valence-electron chi connectivity index (χ2n) is 6.25. The number of fused-ring (bicyclic) bond motifs is 1. The van der Waals surface area contributed by atoms with Crippen LogP contribution in [0.2, 0.25) is 0 Å². The van der Waals surface area contributed by atoms with Crippen LogP contribution in [0.15, 0.2) is 58.2 Å². The Bertz CT molecular complexity index is 966. The highest BCUT2D eigenvalue weighted by Crippen LogP contribution is 2.33. The number of nitrogens with zero attached hydrogens (tertiary/aromatic N) is 2. The van der Waals surface area contributed by atoms with Crippen LogP contribution in [0.4, 0.5) is 0 Å². The largest absolute Gasteiger partial charge is 0.346 e. The standard InChI is InChI=1S/C20H18BrN3OS/c1-13-5-7-14(8-6-13)18-17(24-9-10-26-20(24)23-18)12-22-19(25)15-3-2-4-16(21)11-15/h2-8,11H,9-10,12H2,1H3,(H,22,25). The lowest BCUT2D eigenvalue weighted by atomic mass is 10.1. The fraction of sp³-hybridized carbons (Fsp3) is 0.200. The normalized spacial score (nSPS) is 12.8. The van der Waals surface area contributed by atoms with Crippen LogP contribution in [0, 0.1) is 6.92 Å². The molecule has 1 aromatic heterocycles. The van der Waals surface area contributed by atoms with Crippen LogP contribution >= 0.6 is 27.7 Å². The van der Waals surface area contributed by atoms with E-state index in [1.54, 1.807) is 11.8 Å². The molecule has 1 aliphatic heterocycles. The number of halogens is 1. The molecule has 1 N–H and O–H groups in total. The zero-order valence-corrected chi connectivity index (χ0v) is 16.7. The summed E-state index contributed by atoms with van der Waals surface area (Å²) in [7, 11) is 0. The van der Waals surface area contributed by atoms with E-state index in [1.165, 1.54) is 5.56 Å². The Morgan fingerprint density at radius 2 is 2.08 bits per heavy atom. The number of rotatable bonds is 4. The van der Waals surface area contributed by atoms with Gasteiger partial charge in [0.25, 0.3) is 5.91 Å². The fourth-order valence-electron chi connectivity index (χ4n) is 3.05. The van der Waals surface area contributed by atoms with Gasteiger partial charge in [-0.15, -0.1) is 0 Å². The molecule has 4 nitrogen and oxygen atoms in total. The summed E-state index contributed by atoms with van der Waals surface area (Å²) in [6, 6.07) is 15.8. The van der Waals surface area contributed by atoms with Crippen LogP contribution in [0.1, 0.15) is 21.6 Å². The highest BCUT2D eigenvalue weighted by Gasteiger charge is 2.23. The lowest BCUT2D eigenvalue weighted by Gasteiger charge is -2.10. The second kappa shape index (κ2) is 7.29. The Morgan fingerprint density at radius 1 is 1.27 bits per heavy atom. The minimum absolute atomic E-state index is 0.0812. The maximum atomic E-state index is 12.5. The van der Waals surface area contributed by atoms with Crippen molar-refractivity contribution in [1.29, 1.82) is 0 Å². The topological polar surface area (TPSA) is 46.9 Å². The predicted octanol–water partition coefficient (Wildman–Crippen LogP) is 4.66. The summed E-state index contributed by atoms with van der Waals surface area (Å²) in [6.45, 7) is 3.47. The summed E-state index contributed by atoms with van der Waals surface area (Å²) in [5, 5.41) is 4.08. The Hall–Kier alpha value is -2.05. The maximum Gasteiger partial charge on any atom is 0.251 e. The molecule has 1 amide bonds. The first-order valence-electron chi connectivity index (χ1n) is 8.45. The molecule has 2 heterocycles. The van der Waals surface area contributed by atoms with E-state index in [9.17, 15) is 4.79 Å². The molecular weight excluding hydrogens is 410 g/mol. The van der Waals surface area contributed by atoms with Gasteiger partial charge in [0.15, 0.2) is 5.16 Å². The molecule has 0 aliphatic carbocycles. The van der Waals surface area contributed by atoms with E-state index in [1.807, 2.05) is 24.3 Å². The van der Waals surface area contributed by atoms with Gasteiger partial charge in [-0.3, -0.25) is 4.79 Å². The van der Waals surface area contributed by atoms with Crippen molar-refractivity contribution in [3.63, 3.8) is 0 Å². The van der Waals surface area contributed by atoms with Gasteiger partial charge in [0, 0.05) is 27.9 Å². The molecule has 0 radical (unpaired) electrons. The molecule has 26 heavy (non-hydrogen) atoms. The first kappa shape index (κ1) is 17.4. The van der Waals surface area contributed by atoms with E-state index in [-0.39, 0.29) is 5.91 Å². The van der Waals surface area contributed by atoms with Crippen LogP contribution < -0.4 is 5.32 Å². The van der Waals surface area contributed by atoms with E-state index in [0.717, 1.165) is 38.9 Å². The van der Waals surface area contributed by atoms with Gasteiger partial charge >= 0.3 is 0 Å². The van der Waals surface area contributed by atoms with Crippen molar-refractivity contribution in [3.8, 4) is 11.3 Å². The van der Waals surface area contributed by atoms with Crippen molar-refractivity contribution < 1.29 is 4.79 Å². The molecule has 1 aliphatic rings. The lowest BCUT2D eigenvalue weighted by molar-refractivity contribution is 0.0950. The molecule has 132 valence electrons. The molecule has 3 aromatic rings. The first-order chi connectivity index (χ1) is 12.6. The molecule has 0 saturated heterocycles. The van der Waals surface area contributed by atoms with E-state index in [2.05, 4.69) is 57.0 Å². The summed E-state index contributed by atoms with van der Waals surface area (Å²) >= 11 is 5.18. The minimum atomic E-state index is -0.0812. The molecule has 0 spiro atoms. The molecule has 2 aromatic carbocycles. The Balaban J connectivity index is 1.61. The smallest absolute Gasteiger partial charge is 0.251 e. The first-order valence-corrected chi connectivity index (χ1v) is 10.2. The average molecular weight is 428 g/mol. The van der Waals surface area contributed by atoms with Crippen LogP contribution in [0.25, 0.3) is 11.3 Å². The van der Waals surface area contributed by atoms with Gasteiger partial charge in [0.1, 0.15) is 0 Å². The van der Waals surface area contributed by atoms with E-state index in [4.69, 9.17) is 4.98 Å². The van der Waals surface area contributed by atoms with Crippen LogP contribution in [-0.4, -0.2) is 21.2 Å². The number of hydrogen-bond donors (Lipinski definition) is 1. The number of imidazole rings is 1. The number of carbonyl (C=O) groups excluding carboxylic acids is 1. The third kappa shape index (κ3) is 3.44. The number of amides is 1. The number of aryl methyl sites for hydroxylation is 1. The Morgan fingerprint density at radius 3 is 2.85 bits per heavy atom. The second-order valence-corrected chi connectivity index (χ2v) is 8.23. The Labute approximate surface area is 165 Å². The molecule has 0 fully saturated rings. The van der Waals surface area contributed by atoms with Crippen molar-refractivity contribution in [2.24, 2.45) is 0 Å². The van der Waals surface area contributed by atoms with E-state index in [0.29, 0.717) is 12.1 Å². The van der Waals surface area contributed by atoms with Gasteiger partial charge in [0.05, 0.1) is 17.9 Å². The highest BCUT2D eigenvalue weighted by atomic mass is 79.9. The molecule has 0 bridgehead atoms. The van der Waals surface area contributed by atoms with E-state index >= 15 is 0 Å².